The SMILES string of the molecule is CCN(C)C(=O)CN1CC(C)C(N)C1. The zero-order valence-corrected chi connectivity index (χ0v) is 9.36. The molecule has 2 N–H and O–H groups in total. The van der Waals surface area contributed by atoms with Crippen molar-refractivity contribution in [1.29, 1.82) is 0 Å². The maximum atomic E-state index is 11.6. The molecule has 1 heterocycles. The topological polar surface area (TPSA) is 49.6 Å². The molecule has 0 aromatic carbocycles. The second kappa shape index (κ2) is 4.75. The van der Waals surface area contributed by atoms with Crippen LogP contribution in [0, 0.1) is 5.92 Å². The summed E-state index contributed by atoms with van der Waals surface area (Å²) in [5, 5.41) is 0. The second-order valence-electron chi connectivity index (χ2n) is 4.24. The van der Waals surface area contributed by atoms with Gasteiger partial charge in [0.25, 0.3) is 0 Å². The lowest BCUT2D eigenvalue weighted by atomic mass is 10.1. The van der Waals surface area contributed by atoms with Crippen molar-refractivity contribution in [3.05, 3.63) is 0 Å². The van der Waals surface area contributed by atoms with Gasteiger partial charge in [-0.1, -0.05) is 6.92 Å². The Hall–Kier alpha value is -0.610. The average molecular weight is 199 g/mol. The van der Waals surface area contributed by atoms with Crippen LogP contribution in [0.15, 0.2) is 0 Å². The first-order valence-corrected chi connectivity index (χ1v) is 5.26. The van der Waals surface area contributed by atoms with E-state index in [9.17, 15) is 4.79 Å². The van der Waals surface area contributed by atoms with Crippen LogP contribution >= 0.6 is 0 Å². The van der Waals surface area contributed by atoms with Gasteiger partial charge in [0.05, 0.1) is 6.54 Å². The highest BCUT2D eigenvalue weighted by molar-refractivity contribution is 5.77. The van der Waals surface area contributed by atoms with E-state index in [1.165, 1.54) is 0 Å². The fraction of sp³-hybridized carbons (Fsp3) is 0.900. The lowest BCUT2D eigenvalue weighted by Crippen LogP contribution is -2.38. The molecule has 2 atom stereocenters. The zero-order valence-electron chi connectivity index (χ0n) is 9.36. The van der Waals surface area contributed by atoms with Crippen LogP contribution in [0.3, 0.4) is 0 Å². The van der Waals surface area contributed by atoms with Gasteiger partial charge < -0.3 is 10.6 Å². The molecule has 1 amide bonds. The van der Waals surface area contributed by atoms with E-state index < -0.39 is 0 Å². The summed E-state index contributed by atoms with van der Waals surface area (Å²) in [6, 6.07) is 0.231. The predicted molar refractivity (Wildman–Crippen MR) is 56.9 cm³/mol. The highest BCUT2D eigenvalue weighted by atomic mass is 16.2. The van der Waals surface area contributed by atoms with E-state index in [1.54, 1.807) is 4.90 Å². The van der Waals surface area contributed by atoms with Crippen molar-refractivity contribution >= 4 is 5.91 Å². The third kappa shape index (κ3) is 2.69. The van der Waals surface area contributed by atoms with Crippen LogP contribution in [0.4, 0.5) is 0 Å². The van der Waals surface area contributed by atoms with Crippen LogP contribution in [0.2, 0.25) is 0 Å². The van der Waals surface area contributed by atoms with E-state index in [0.29, 0.717) is 12.5 Å². The van der Waals surface area contributed by atoms with Gasteiger partial charge >= 0.3 is 0 Å². The highest BCUT2D eigenvalue weighted by Gasteiger charge is 2.27. The van der Waals surface area contributed by atoms with E-state index in [4.69, 9.17) is 5.73 Å². The number of amides is 1. The molecule has 0 aromatic heterocycles. The number of likely N-dealkylation sites (tertiary alicyclic amines) is 1. The molecule has 4 nitrogen and oxygen atoms in total. The summed E-state index contributed by atoms with van der Waals surface area (Å²) in [7, 11) is 1.84. The summed E-state index contributed by atoms with van der Waals surface area (Å²) in [6.07, 6.45) is 0. The molecule has 0 aliphatic carbocycles. The van der Waals surface area contributed by atoms with Crippen LogP contribution in [-0.2, 0) is 4.79 Å². The van der Waals surface area contributed by atoms with Crippen molar-refractivity contribution in [2.24, 2.45) is 11.7 Å². The van der Waals surface area contributed by atoms with Crippen molar-refractivity contribution < 1.29 is 4.79 Å². The van der Waals surface area contributed by atoms with E-state index in [1.807, 2.05) is 14.0 Å². The standard InChI is InChI=1S/C10H21N3O/c1-4-12(3)10(14)7-13-5-8(2)9(11)6-13/h8-9H,4-7,11H2,1-3H3. The summed E-state index contributed by atoms with van der Waals surface area (Å²) in [4.78, 5) is 15.5. The fourth-order valence-electron chi connectivity index (χ4n) is 1.71. The van der Waals surface area contributed by atoms with Crippen LogP contribution in [-0.4, -0.2) is 55.0 Å². The van der Waals surface area contributed by atoms with Gasteiger partial charge in [-0.25, -0.2) is 0 Å². The predicted octanol–water partition coefficient (Wildman–Crippen LogP) is -0.256. The summed E-state index contributed by atoms with van der Waals surface area (Å²) in [5.74, 6) is 0.698. The number of hydrogen-bond acceptors (Lipinski definition) is 3. The number of carbonyl (C=O) groups excluding carboxylic acids is 1. The minimum atomic E-state index is 0.189. The number of carbonyl (C=O) groups is 1. The van der Waals surface area contributed by atoms with Crippen molar-refractivity contribution in [2.45, 2.75) is 19.9 Å². The Kier molecular flexibility index (Phi) is 3.89. The van der Waals surface area contributed by atoms with Crippen LogP contribution < -0.4 is 5.73 Å². The molecule has 0 aromatic rings. The molecule has 82 valence electrons. The smallest absolute Gasteiger partial charge is 0.236 e. The number of nitrogens with two attached hydrogens (primary N) is 1. The maximum absolute atomic E-state index is 11.6. The van der Waals surface area contributed by atoms with Gasteiger partial charge in [-0.3, -0.25) is 9.69 Å². The van der Waals surface area contributed by atoms with Gasteiger partial charge in [0.2, 0.25) is 5.91 Å². The van der Waals surface area contributed by atoms with Gasteiger partial charge in [0, 0.05) is 32.7 Å². The molecule has 4 heteroatoms. The summed E-state index contributed by atoms with van der Waals surface area (Å²) >= 11 is 0. The van der Waals surface area contributed by atoms with Gasteiger partial charge in [-0.15, -0.1) is 0 Å². The molecule has 1 aliphatic heterocycles. The minimum absolute atomic E-state index is 0.189. The minimum Gasteiger partial charge on any atom is -0.345 e. The Morgan fingerprint density at radius 3 is 2.64 bits per heavy atom. The van der Waals surface area contributed by atoms with Crippen LogP contribution in [0.25, 0.3) is 0 Å². The first-order chi connectivity index (χ1) is 6.54. The van der Waals surface area contributed by atoms with Crippen molar-refractivity contribution in [2.75, 3.05) is 33.2 Å². The molecule has 1 saturated heterocycles. The fourth-order valence-corrected chi connectivity index (χ4v) is 1.71. The van der Waals surface area contributed by atoms with Gasteiger partial charge in [0.1, 0.15) is 0 Å². The quantitative estimate of drug-likeness (QED) is 0.681. The van der Waals surface area contributed by atoms with Crippen molar-refractivity contribution in [3.8, 4) is 0 Å². The molecule has 1 rings (SSSR count). The summed E-state index contributed by atoms with van der Waals surface area (Å²) in [5.41, 5.74) is 5.89. The Labute approximate surface area is 86.0 Å². The third-order valence-electron chi connectivity index (χ3n) is 3.01. The molecule has 0 spiro atoms. The zero-order chi connectivity index (χ0) is 10.7. The molecule has 14 heavy (non-hydrogen) atoms. The average Bonchev–Trinajstić information content (AvgIpc) is 2.44. The summed E-state index contributed by atoms with van der Waals surface area (Å²) in [6.45, 7) is 7.21. The highest BCUT2D eigenvalue weighted by Crippen LogP contribution is 2.13. The monoisotopic (exact) mass is 199 g/mol. The van der Waals surface area contributed by atoms with E-state index in [-0.39, 0.29) is 11.9 Å². The Balaban J connectivity index is 2.35. The number of hydrogen-bond donors (Lipinski definition) is 1. The Morgan fingerprint density at radius 2 is 2.21 bits per heavy atom. The molecule has 0 radical (unpaired) electrons. The maximum Gasteiger partial charge on any atom is 0.236 e. The van der Waals surface area contributed by atoms with E-state index >= 15 is 0 Å². The molecular formula is C10H21N3O. The molecule has 1 fully saturated rings. The molecule has 2 unspecified atom stereocenters. The van der Waals surface area contributed by atoms with Crippen LogP contribution in [0.5, 0.6) is 0 Å². The molecular weight excluding hydrogens is 178 g/mol. The largest absolute Gasteiger partial charge is 0.345 e. The second-order valence-corrected chi connectivity index (χ2v) is 4.24. The molecule has 0 saturated carbocycles. The normalized spacial score (nSPS) is 28.0. The lowest BCUT2D eigenvalue weighted by molar-refractivity contribution is -0.130. The Morgan fingerprint density at radius 1 is 1.57 bits per heavy atom. The molecule has 0 bridgehead atoms. The Bertz CT molecular complexity index is 198. The van der Waals surface area contributed by atoms with Gasteiger partial charge in [0.15, 0.2) is 0 Å². The van der Waals surface area contributed by atoms with Crippen molar-refractivity contribution in [1.82, 2.24) is 9.80 Å². The number of rotatable bonds is 3. The van der Waals surface area contributed by atoms with Gasteiger partial charge in [-0.2, -0.15) is 0 Å². The van der Waals surface area contributed by atoms with Crippen LogP contribution in [0.1, 0.15) is 13.8 Å². The third-order valence-corrected chi connectivity index (χ3v) is 3.01. The van der Waals surface area contributed by atoms with E-state index in [2.05, 4.69) is 11.8 Å². The van der Waals surface area contributed by atoms with Gasteiger partial charge in [-0.05, 0) is 12.8 Å². The van der Waals surface area contributed by atoms with E-state index in [0.717, 1.165) is 19.6 Å². The number of likely N-dealkylation sites (N-methyl/N-ethyl adjacent to an activating group) is 1. The summed E-state index contributed by atoms with van der Waals surface area (Å²) < 4.78 is 0. The molecule has 1 aliphatic rings. The lowest BCUT2D eigenvalue weighted by Gasteiger charge is -2.19. The number of nitrogens with zero attached hydrogens (tertiary/aromatic N) is 2. The first kappa shape index (κ1) is 11.5. The van der Waals surface area contributed by atoms with Crippen molar-refractivity contribution in [3.63, 3.8) is 0 Å². The first-order valence-electron chi connectivity index (χ1n) is 5.26.